The predicted octanol–water partition coefficient (Wildman–Crippen LogP) is 5.15. The fraction of sp³-hybridized carbons (Fsp3) is 0.680. The molecule has 2 aliphatic heterocycles. The first-order valence-electron chi connectivity index (χ1n) is 12.2. The maximum absolute atomic E-state index is 13.3. The van der Waals surface area contributed by atoms with Gasteiger partial charge in [0.2, 0.25) is 0 Å². The molecular weight excluding hydrogens is 372 g/mol. The Bertz CT molecular complexity index is 726. The standard InChI is InChI=1S/C25H38N4O/c30-25-27-24(26-22-12-6-4-7-13-22)15-17-28-16-8-3-1-2-5-10-21-11-9-14-23(20-21)29(25)19-18-28/h9,11,14,20,22H,1-8,10,12-13,15-19H2,(H,26,27,30). The van der Waals surface area contributed by atoms with E-state index in [9.17, 15) is 4.79 Å². The van der Waals surface area contributed by atoms with Crippen molar-refractivity contribution >= 4 is 17.6 Å². The Kier molecular flexibility index (Phi) is 7.79. The maximum Gasteiger partial charge on any atom is 0.327 e. The van der Waals surface area contributed by atoms with E-state index in [-0.39, 0.29) is 6.03 Å². The van der Waals surface area contributed by atoms with Crippen LogP contribution in [0.3, 0.4) is 0 Å². The Morgan fingerprint density at radius 2 is 1.63 bits per heavy atom. The third-order valence-electron chi connectivity index (χ3n) is 6.88. The highest BCUT2D eigenvalue weighted by Crippen LogP contribution is 2.22. The van der Waals surface area contributed by atoms with Gasteiger partial charge >= 0.3 is 6.03 Å². The molecule has 1 unspecified atom stereocenters. The molecule has 1 atom stereocenters. The van der Waals surface area contributed by atoms with Gasteiger partial charge in [0.05, 0.1) is 6.04 Å². The topological polar surface area (TPSA) is 47.9 Å². The van der Waals surface area contributed by atoms with Crippen LogP contribution in [0.1, 0.15) is 76.2 Å². The van der Waals surface area contributed by atoms with Crippen LogP contribution in [-0.2, 0) is 6.42 Å². The Morgan fingerprint density at radius 3 is 2.53 bits per heavy atom. The van der Waals surface area contributed by atoms with Gasteiger partial charge in [0.25, 0.3) is 0 Å². The number of urea groups is 1. The van der Waals surface area contributed by atoms with E-state index in [0.29, 0.717) is 6.04 Å². The fourth-order valence-electron chi connectivity index (χ4n) is 5.04. The van der Waals surface area contributed by atoms with Gasteiger partial charge in [-0.05, 0) is 56.3 Å². The molecule has 1 N–H and O–H groups in total. The summed E-state index contributed by atoms with van der Waals surface area (Å²) in [5, 5.41) is 3.21. The van der Waals surface area contributed by atoms with Gasteiger partial charge in [0.1, 0.15) is 5.84 Å². The maximum atomic E-state index is 13.3. The van der Waals surface area contributed by atoms with Gasteiger partial charge in [-0.15, -0.1) is 0 Å². The number of carbonyl (C=O) groups is 1. The molecular formula is C25H38N4O. The monoisotopic (exact) mass is 410 g/mol. The van der Waals surface area contributed by atoms with Crippen LogP contribution in [0, 0.1) is 0 Å². The van der Waals surface area contributed by atoms with E-state index in [1.54, 1.807) is 0 Å². The van der Waals surface area contributed by atoms with Crippen LogP contribution in [0.2, 0.25) is 0 Å². The number of amides is 2. The molecule has 0 spiro atoms. The fourth-order valence-corrected chi connectivity index (χ4v) is 5.04. The number of hydrogen-bond donors (Lipinski definition) is 1. The molecule has 2 heterocycles. The lowest BCUT2D eigenvalue weighted by molar-refractivity contribution is 0.248. The number of rotatable bonds is 1. The van der Waals surface area contributed by atoms with Crippen molar-refractivity contribution < 1.29 is 4.79 Å². The van der Waals surface area contributed by atoms with Gasteiger partial charge < -0.3 is 4.90 Å². The molecule has 0 radical (unpaired) electrons. The molecule has 2 amide bonds. The summed E-state index contributed by atoms with van der Waals surface area (Å²) >= 11 is 0. The number of aliphatic imine (C=N–C) groups is 1. The van der Waals surface area contributed by atoms with Crippen LogP contribution in [-0.4, -0.2) is 49.0 Å². The summed E-state index contributed by atoms with van der Waals surface area (Å²) in [6.45, 7) is 3.76. The van der Waals surface area contributed by atoms with Crippen molar-refractivity contribution in [3.8, 4) is 0 Å². The van der Waals surface area contributed by atoms with Gasteiger partial charge in [0.15, 0.2) is 0 Å². The van der Waals surface area contributed by atoms with E-state index in [1.165, 1.54) is 56.9 Å². The molecule has 3 aliphatic rings. The first kappa shape index (κ1) is 21.4. The first-order chi connectivity index (χ1) is 14.8. The van der Waals surface area contributed by atoms with Crippen LogP contribution < -0.4 is 10.2 Å². The van der Waals surface area contributed by atoms with Gasteiger partial charge in [-0.1, -0.05) is 50.7 Å². The zero-order valence-corrected chi connectivity index (χ0v) is 18.5. The highest BCUT2D eigenvalue weighted by Gasteiger charge is 2.23. The molecule has 0 aromatic heterocycles. The third-order valence-corrected chi connectivity index (χ3v) is 6.88. The normalized spacial score (nSPS) is 26.4. The number of amidine groups is 1. The zero-order chi connectivity index (χ0) is 20.6. The molecule has 4 rings (SSSR count). The first-order valence-corrected chi connectivity index (χ1v) is 12.2. The highest BCUT2D eigenvalue weighted by atomic mass is 16.2. The summed E-state index contributed by atoms with van der Waals surface area (Å²) < 4.78 is 0. The molecule has 1 aliphatic carbocycles. The Hall–Kier alpha value is -1.88. The van der Waals surface area contributed by atoms with Crippen LogP contribution in [0.15, 0.2) is 29.3 Å². The minimum absolute atomic E-state index is 0.0179. The summed E-state index contributed by atoms with van der Waals surface area (Å²) in [6.07, 6.45) is 14.5. The lowest BCUT2D eigenvalue weighted by atomic mass is 9.96. The number of benzene rings is 1. The summed E-state index contributed by atoms with van der Waals surface area (Å²) in [6, 6.07) is 8.96. The van der Waals surface area contributed by atoms with Gasteiger partial charge in [-0.25, -0.2) is 4.79 Å². The number of carbonyl (C=O) groups excluding carboxylic acids is 1. The van der Waals surface area contributed by atoms with Crippen molar-refractivity contribution in [1.29, 1.82) is 0 Å². The zero-order valence-electron chi connectivity index (χ0n) is 18.5. The Balaban J connectivity index is 1.59. The molecule has 5 heteroatoms. The largest absolute Gasteiger partial charge is 0.327 e. The van der Waals surface area contributed by atoms with E-state index >= 15 is 0 Å². The predicted molar refractivity (Wildman–Crippen MR) is 124 cm³/mol. The lowest BCUT2D eigenvalue weighted by Gasteiger charge is -2.26. The number of anilines is 1. The molecule has 1 aromatic rings. The Labute approximate surface area is 181 Å². The van der Waals surface area contributed by atoms with Gasteiger partial charge in [-0.3, -0.25) is 15.2 Å². The third kappa shape index (κ3) is 6.07. The number of nitrogens with zero attached hydrogens (tertiary/aromatic N) is 3. The van der Waals surface area contributed by atoms with E-state index in [1.807, 2.05) is 4.90 Å². The summed E-state index contributed by atoms with van der Waals surface area (Å²) in [5.74, 6) is 0.893. The summed E-state index contributed by atoms with van der Waals surface area (Å²) in [7, 11) is 0. The Morgan fingerprint density at radius 1 is 0.833 bits per heavy atom. The summed E-state index contributed by atoms with van der Waals surface area (Å²) in [4.78, 5) is 22.8. The molecule has 5 nitrogen and oxygen atoms in total. The number of fused-ring (bicyclic) bond motifs is 6. The van der Waals surface area contributed by atoms with Crippen LogP contribution in [0.25, 0.3) is 0 Å². The highest BCUT2D eigenvalue weighted by molar-refractivity contribution is 6.04. The minimum atomic E-state index is -0.0179. The van der Waals surface area contributed by atoms with Gasteiger partial charge in [-0.2, -0.15) is 0 Å². The molecule has 164 valence electrons. The van der Waals surface area contributed by atoms with Crippen molar-refractivity contribution in [3.63, 3.8) is 0 Å². The minimum Gasteiger partial charge on any atom is -0.301 e. The van der Waals surface area contributed by atoms with E-state index in [4.69, 9.17) is 4.99 Å². The molecule has 4 bridgehead atoms. The van der Waals surface area contributed by atoms with Crippen LogP contribution in [0.4, 0.5) is 10.5 Å². The SMILES string of the molecule is O=C1NC(=NC2CCCCC2)CCN2CCCCCCCc3cccc(c3)N1CC2. The average molecular weight is 411 g/mol. The van der Waals surface area contributed by atoms with Gasteiger partial charge in [0, 0.05) is 31.7 Å². The molecule has 1 saturated carbocycles. The second-order valence-corrected chi connectivity index (χ2v) is 9.23. The van der Waals surface area contributed by atoms with Crippen LogP contribution >= 0.6 is 0 Å². The summed E-state index contributed by atoms with van der Waals surface area (Å²) in [5.41, 5.74) is 2.35. The van der Waals surface area contributed by atoms with Crippen molar-refractivity contribution in [2.45, 2.75) is 83.1 Å². The van der Waals surface area contributed by atoms with Crippen LogP contribution in [0.5, 0.6) is 0 Å². The van der Waals surface area contributed by atoms with E-state index < -0.39 is 0 Å². The number of hydrogen-bond acceptors (Lipinski definition) is 3. The number of aryl methyl sites for hydroxylation is 1. The second kappa shape index (κ2) is 10.9. The van der Waals surface area contributed by atoms with Crippen molar-refractivity contribution in [2.24, 2.45) is 4.99 Å². The van der Waals surface area contributed by atoms with Crippen molar-refractivity contribution in [2.75, 3.05) is 31.1 Å². The second-order valence-electron chi connectivity index (χ2n) is 9.23. The quantitative estimate of drug-likeness (QED) is 0.696. The molecule has 30 heavy (non-hydrogen) atoms. The van der Waals surface area contributed by atoms with E-state index in [2.05, 4.69) is 34.5 Å². The van der Waals surface area contributed by atoms with Crippen molar-refractivity contribution in [3.05, 3.63) is 29.8 Å². The van der Waals surface area contributed by atoms with E-state index in [0.717, 1.165) is 63.4 Å². The van der Waals surface area contributed by atoms with Crippen molar-refractivity contribution in [1.82, 2.24) is 10.2 Å². The lowest BCUT2D eigenvalue weighted by Crippen LogP contribution is -2.44. The smallest absolute Gasteiger partial charge is 0.301 e. The number of nitrogens with one attached hydrogen (secondary N) is 1. The molecule has 1 aromatic carbocycles. The molecule has 1 saturated heterocycles. The molecule has 2 fully saturated rings. The average Bonchev–Trinajstić information content (AvgIpc) is 2.83.